The van der Waals surface area contributed by atoms with Crippen LogP contribution in [0, 0.1) is 5.41 Å². The largest absolute Gasteiger partial charge is 0.491 e. The fourth-order valence-corrected chi connectivity index (χ4v) is 5.52. The second-order valence-corrected chi connectivity index (χ2v) is 9.99. The van der Waals surface area contributed by atoms with E-state index in [9.17, 15) is 18.0 Å². The van der Waals surface area contributed by atoms with Crippen molar-refractivity contribution in [2.45, 2.75) is 45.2 Å². The van der Waals surface area contributed by atoms with Crippen LogP contribution in [0.4, 0.5) is 30.4 Å². The molecule has 3 N–H and O–H groups in total. The van der Waals surface area contributed by atoms with Crippen molar-refractivity contribution in [2.24, 2.45) is 5.41 Å². The molecule has 3 aliphatic rings. The average molecular weight is 500 g/mol. The number of ether oxygens (including phenoxy) is 1. The highest BCUT2D eigenvalue weighted by molar-refractivity contribution is 5.98. The molecule has 2 aliphatic heterocycles. The summed E-state index contributed by atoms with van der Waals surface area (Å²) >= 11 is 0. The number of nitrogens with zero attached hydrogens (tertiary/aromatic N) is 2. The summed E-state index contributed by atoms with van der Waals surface area (Å²) in [5.74, 6) is 1.02. The number of hydrogen-bond donors (Lipinski definition) is 3. The molecule has 3 aromatic rings. The van der Waals surface area contributed by atoms with Gasteiger partial charge in [0.1, 0.15) is 17.2 Å². The van der Waals surface area contributed by atoms with E-state index in [2.05, 4.69) is 20.6 Å². The maximum atomic E-state index is 13.5. The zero-order valence-electron chi connectivity index (χ0n) is 20.0. The first-order chi connectivity index (χ1) is 17.3. The summed E-state index contributed by atoms with van der Waals surface area (Å²) in [6.07, 6.45) is 1.80. The molecule has 6 rings (SSSR count). The summed E-state index contributed by atoms with van der Waals surface area (Å²) in [6, 6.07) is 5.18. The number of carbonyl (C=O) groups is 1. The molecule has 0 unspecified atom stereocenters. The van der Waals surface area contributed by atoms with Crippen LogP contribution >= 0.6 is 0 Å². The zero-order valence-corrected chi connectivity index (χ0v) is 20.0. The number of carbonyl (C=O) groups excluding carboxylic acids is 1. The van der Waals surface area contributed by atoms with Crippen molar-refractivity contribution in [1.29, 1.82) is 0 Å². The Balaban J connectivity index is 1.30. The first-order valence-electron chi connectivity index (χ1n) is 12.5. The number of halogens is 3. The predicted molar refractivity (Wildman–Crippen MR) is 131 cm³/mol. The molecule has 1 amide bonds. The van der Waals surface area contributed by atoms with E-state index < -0.39 is 11.7 Å². The Labute approximate surface area is 206 Å². The molecule has 2 fully saturated rings. The Morgan fingerprint density at radius 3 is 2.67 bits per heavy atom. The number of anilines is 3. The highest BCUT2D eigenvalue weighted by Gasteiger charge is 2.45. The van der Waals surface area contributed by atoms with E-state index in [1.54, 1.807) is 12.1 Å². The quantitative estimate of drug-likeness (QED) is 0.419. The fourth-order valence-electron chi connectivity index (χ4n) is 5.52. The Bertz CT molecular complexity index is 1340. The smallest absolute Gasteiger partial charge is 0.418 e. The minimum atomic E-state index is -4.50. The third-order valence-electron chi connectivity index (χ3n) is 7.74. The van der Waals surface area contributed by atoms with Crippen LogP contribution < -0.4 is 15.4 Å². The van der Waals surface area contributed by atoms with Gasteiger partial charge in [0.15, 0.2) is 0 Å². The second-order valence-electron chi connectivity index (χ2n) is 9.99. The molecule has 4 heterocycles. The SMILES string of the molecule is CCNc1cc(Nc2ccc(C(=O)N3CCC4(CC3)CC4)c3c2OCC3)nc2[nH]cc(C(F)(F)F)c12. The average Bonchev–Trinajstić information content (AvgIpc) is 3.23. The van der Waals surface area contributed by atoms with Gasteiger partial charge in [-0.3, -0.25) is 4.79 Å². The van der Waals surface area contributed by atoms with Gasteiger partial charge in [-0.1, -0.05) is 0 Å². The third kappa shape index (κ3) is 3.92. The highest BCUT2D eigenvalue weighted by Crippen LogP contribution is 2.53. The van der Waals surface area contributed by atoms with Crippen molar-refractivity contribution in [3.8, 4) is 5.75 Å². The number of pyridine rings is 1. The van der Waals surface area contributed by atoms with Crippen LogP contribution in [0.2, 0.25) is 0 Å². The molecule has 0 atom stereocenters. The van der Waals surface area contributed by atoms with Crippen LogP contribution in [0.15, 0.2) is 24.4 Å². The van der Waals surface area contributed by atoms with E-state index in [0.29, 0.717) is 53.5 Å². The number of likely N-dealkylation sites (tertiary alicyclic amines) is 1. The molecule has 0 bridgehead atoms. The number of aromatic nitrogens is 2. The molecule has 1 aliphatic carbocycles. The Morgan fingerprint density at radius 2 is 1.97 bits per heavy atom. The number of alkyl halides is 3. The Hall–Kier alpha value is -3.43. The monoisotopic (exact) mass is 499 g/mol. The van der Waals surface area contributed by atoms with Crippen molar-refractivity contribution < 1.29 is 22.7 Å². The van der Waals surface area contributed by atoms with Gasteiger partial charge >= 0.3 is 6.18 Å². The van der Waals surface area contributed by atoms with Crippen LogP contribution in [-0.2, 0) is 12.6 Å². The zero-order chi connectivity index (χ0) is 25.1. The fraction of sp³-hybridized carbons (Fsp3) is 0.462. The number of aromatic amines is 1. The minimum Gasteiger partial charge on any atom is -0.491 e. The Morgan fingerprint density at radius 1 is 1.19 bits per heavy atom. The van der Waals surface area contributed by atoms with Gasteiger partial charge < -0.3 is 25.3 Å². The highest BCUT2D eigenvalue weighted by atomic mass is 19.4. The molecule has 7 nitrogen and oxygen atoms in total. The number of hydrogen-bond acceptors (Lipinski definition) is 5. The van der Waals surface area contributed by atoms with Gasteiger partial charge in [-0.2, -0.15) is 13.2 Å². The van der Waals surface area contributed by atoms with Crippen molar-refractivity contribution >= 4 is 34.1 Å². The summed E-state index contributed by atoms with van der Waals surface area (Å²) < 4.78 is 46.4. The van der Waals surface area contributed by atoms with Gasteiger partial charge in [-0.15, -0.1) is 0 Å². The molecular weight excluding hydrogens is 471 g/mol. The predicted octanol–water partition coefficient (Wildman–Crippen LogP) is 5.71. The van der Waals surface area contributed by atoms with Crippen LogP contribution in [0.1, 0.15) is 54.1 Å². The summed E-state index contributed by atoms with van der Waals surface area (Å²) in [6.45, 7) is 4.33. The number of H-pyrrole nitrogens is 1. The van der Waals surface area contributed by atoms with E-state index in [4.69, 9.17) is 4.74 Å². The van der Waals surface area contributed by atoms with Crippen molar-refractivity contribution in [2.75, 3.05) is 36.9 Å². The molecule has 190 valence electrons. The number of benzene rings is 1. The molecule has 1 aromatic carbocycles. The molecule has 1 saturated carbocycles. The topological polar surface area (TPSA) is 82.3 Å². The lowest BCUT2D eigenvalue weighted by atomic mass is 9.93. The lowest BCUT2D eigenvalue weighted by Crippen LogP contribution is -2.39. The molecule has 0 radical (unpaired) electrons. The molecule has 1 saturated heterocycles. The summed E-state index contributed by atoms with van der Waals surface area (Å²) in [4.78, 5) is 22.3. The standard InChI is InChI=1S/C26H28F3N5O2/c1-2-30-19-13-20(33-23-21(19)17(14-31-23)26(27,28)29)32-18-4-3-16(15-5-12-36-22(15)18)24(35)34-10-8-25(6-7-25)9-11-34/h3-4,13-14H,2,5-12H2,1H3,(H3,30,31,32,33). The van der Waals surface area contributed by atoms with Crippen LogP contribution in [-0.4, -0.2) is 47.0 Å². The number of amides is 1. The number of rotatable bonds is 5. The van der Waals surface area contributed by atoms with Gasteiger partial charge in [0.05, 0.1) is 23.2 Å². The van der Waals surface area contributed by atoms with Gasteiger partial charge in [0.25, 0.3) is 5.91 Å². The first kappa shape index (κ1) is 23.0. The second kappa shape index (κ2) is 8.31. The molecular formula is C26H28F3N5O2. The van der Waals surface area contributed by atoms with Gasteiger partial charge in [0.2, 0.25) is 0 Å². The molecule has 10 heteroatoms. The van der Waals surface area contributed by atoms with E-state index >= 15 is 0 Å². The van der Waals surface area contributed by atoms with E-state index in [0.717, 1.165) is 37.7 Å². The lowest BCUT2D eigenvalue weighted by Gasteiger charge is -2.32. The van der Waals surface area contributed by atoms with E-state index in [1.165, 1.54) is 12.8 Å². The minimum absolute atomic E-state index is 0.00633. The van der Waals surface area contributed by atoms with Crippen molar-refractivity contribution in [3.63, 3.8) is 0 Å². The van der Waals surface area contributed by atoms with Gasteiger partial charge in [0, 0.05) is 55.1 Å². The van der Waals surface area contributed by atoms with E-state index in [1.807, 2.05) is 17.9 Å². The van der Waals surface area contributed by atoms with Crippen molar-refractivity contribution in [1.82, 2.24) is 14.9 Å². The number of nitrogens with one attached hydrogen (secondary N) is 3. The van der Waals surface area contributed by atoms with E-state index in [-0.39, 0.29) is 16.9 Å². The maximum Gasteiger partial charge on any atom is 0.418 e. The van der Waals surface area contributed by atoms with Crippen LogP contribution in [0.5, 0.6) is 5.75 Å². The number of piperidine rings is 1. The third-order valence-corrected chi connectivity index (χ3v) is 7.74. The van der Waals surface area contributed by atoms with Gasteiger partial charge in [-0.25, -0.2) is 4.98 Å². The molecule has 1 spiro atoms. The maximum absolute atomic E-state index is 13.5. The van der Waals surface area contributed by atoms with Crippen LogP contribution in [0.25, 0.3) is 11.0 Å². The van der Waals surface area contributed by atoms with Gasteiger partial charge in [-0.05, 0) is 50.2 Å². The number of fused-ring (bicyclic) bond motifs is 2. The summed E-state index contributed by atoms with van der Waals surface area (Å²) in [5.41, 5.74) is 2.36. The van der Waals surface area contributed by atoms with Crippen molar-refractivity contribution in [3.05, 3.63) is 41.1 Å². The molecule has 2 aromatic heterocycles. The normalized spacial score (nSPS) is 18.3. The lowest BCUT2D eigenvalue weighted by molar-refractivity contribution is -0.136. The summed E-state index contributed by atoms with van der Waals surface area (Å²) in [7, 11) is 0. The Kier molecular flexibility index (Phi) is 5.31. The first-order valence-corrected chi connectivity index (χ1v) is 12.5. The van der Waals surface area contributed by atoms with Crippen LogP contribution in [0.3, 0.4) is 0 Å². The molecule has 36 heavy (non-hydrogen) atoms. The summed E-state index contributed by atoms with van der Waals surface area (Å²) in [5, 5.41) is 6.23.